The molecular weight excluding hydrogens is 260 g/mol. The van der Waals surface area contributed by atoms with Gasteiger partial charge >= 0.3 is 5.69 Å². The fourth-order valence-corrected chi connectivity index (χ4v) is 2.37. The van der Waals surface area contributed by atoms with Crippen LogP contribution in [0.2, 0.25) is 0 Å². The van der Waals surface area contributed by atoms with Gasteiger partial charge in [-0.05, 0) is 18.8 Å². The summed E-state index contributed by atoms with van der Waals surface area (Å²) in [6.45, 7) is 4.42. The quantitative estimate of drug-likeness (QED) is 0.705. The molecule has 0 unspecified atom stereocenters. The van der Waals surface area contributed by atoms with E-state index in [2.05, 4.69) is 5.32 Å². The van der Waals surface area contributed by atoms with Gasteiger partial charge in [0.05, 0.1) is 6.10 Å². The zero-order valence-electron chi connectivity index (χ0n) is 12.1. The van der Waals surface area contributed by atoms with Gasteiger partial charge in [0, 0.05) is 19.6 Å². The molecule has 0 atom stereocenters. The van der Waals surface area contributed by atoms with E-state index in [-0.39, 0.29) is 29.6 Å². The lowest BCUT2D eigenvalue weighted by molar-refractivity contribution is 0.0836. The van der Waals surface area contributed by atoms with Gasteiger partial charge in [0.15, 0.2) is 0 Å². The van der Waals surface area contributed by atoms with Gasteiger partial charge in [0.25, 0.3) is 5.56 Å². The Balaban J connectivity index is 2.42. The Hall–Kier alpha value is -1.76. The standard InChI is InChI=1S/C13H22N4O3/c1-7(2)6-17-11(14)10(12(19)16(3)13(17)20)15-8-4-9(18)5-8/h7-9,15,18H,4-6,14H2,1-3H3. The highest BCUT2D eigenvalue weighted by atomic mass is 16.3. The van der Waals surface area contributed by atoms with Crippen molar-refractivity contribution in [2.75, 3.05) is 11.1 Å². The molecule has 2 rings (SSSR count). The minimum absolute atomic E-state index is 0.0324. The maximum atomic E-state index is 12.2. The summed E-state index contributed by atoms with van der Waals surface area (Å²) >= 11 is 0. The zero-order chi connectivity index (χ0) is 15.0. The number of nitrogens with one attached hydrogen (secondary N) is 1. The molecule has 1 aromatic heterocycles. The monoisotopic (exact) mass is 282 g/mol. The molecule has 0 radical (unpaired) electrons. The van der Waals surface area contributed by atoms with Gasteiger partial charge in [-0.2, -0.15) is 0 Å². The number of aromatic nitrogens is 2. The van der Waals surface area contributed by atoms with Crippen molar-refractivity contribution in [3.63, 3.8) is 0 Å². The van der Waals surface area contributed by atoms with Gasteiger partial charge < -0.3 is 16.2 Å². The summed E-state index contributed by atoms with van der Waals surface area (Å²) in [4.78, 5) is 24.2. The topological polar surface area (TPSA) is 102 Å². The first-order valence-electron chi connectivity index (χ1n) is 6.85. The summed E-state index contributed by atoms with van der Waals surface area (Å²) in [6.07, 6.45) is 0.858. The van der Waals surface area contributed by atoms with Crippen LogP contribution in [0.3, 0.4) is 0 Å². The smallest absolute Gasteiger partial charge is 0.332 e. The Labute approximate surface area is 117 Å². The summed E-state index contributed by atoms with van der Waals surface area (Å²) in [5, 5.41) is 12.3. The van der Waals surface area contributed by atoms with Gasteiger partial charge in [-0.25, -0.2) is 4.79 Å². The average molecular weight is 282 g/mol. The number of rotatable bonds is 4. The van der Waals surface area contributed by atoms with Gasteiger partial charge in [-0.15, -0.1) is 0 Å². The molecule has 1 saturated carbocycles. The highest BCUT2D eigenvalue weighted by molar-refractivity contribution is 5.61. The van der Waals surface area contributed by atoms with E-state index >= 15 is 0 Å². The summed E-state index contributed by atoms with van der Waals surface area (Å²) < 4.78 is 2.49. The van der Waals surface area contributed by atoms with Crippen LogP contribution >= 0.6 is 0 Å². The van der Waals surface area contributed by atoms with Crippen LogP contribution in [0.4, 0.5) is 11.5 Å². The van der Waals surface area contributed by atoms with Gasteiger partial charge in [-0.1, -0.05) is 13.8 Å². The number of hydrogen-bond donors (Lipinski definition) is 3. The minimum Gasteiger partial charge on any atom is -0.393 e. The third-order valence-corrected chi connectivity index (χ3v) is 3.59. The Morgan fingerprint density at radius 1 is 1.40 bits per heavy atom. The van der Waals surface area contributed by atoms with Crippen molar-refractivity contribution in [1.29, 1.82) is 0 Å². The number of nitrogens with two attached hydrogens (primary N) is 1. The average Bonchev–Trinajstić information content (AvgIpc) is 2.34. The number of aliphatic hydroxyl groups is 1. The number of hydrogen-bond acceptors (Lipinski definition) is 5. The molecule has 1 aliphatic carbocycles. The molecule has 1 fully saturated rings. The van der Waals surface area contributed by atoms with E-state index in [0.29, 0.717) is 19.4 Å². The predicted molar refractivity (Wildman–Crippen MR) is 77.8 cm³/mol. The van der Waals surface area contributed by atoms with E-state index in [4.69, 9.17) is 5.73 Å². The second-order valence-electron chi connectivity index (χ2n) is 5.88. The molecule has 0 aliphatic heterocycles. The molecule has 4 N–H and O–H groups in total. The molecule has 1 heterocycles. The number of nitrogens with zero attached hydrogens (tertiary/aromatic N) is 2. The van der Waals surface area contributed by atoms with Crippen LogP contribution in [0, 0.1) is 5.92 Å². The normalized spacial score (nSPS) is 21.9. The fraction of sp³-hybridized carbons (Fsp3) is 0.692. The molecule has 0 aromatic carbocycles. The first-order chi connectivity index (χ1) is 9.31. The van der Waals surface area contributed by atoms with E-state index in [1.165, 1.54) is 11.6 Å². The molecule has 0 amide bonds. The Morgan fingerprint density at radius 2 is 2.00 bits per heavy atom. The summed E-state index contributed by atoms with van der Waals surface area (Å²) in [7, 11) is 1.45. The Bertz CT molecular complexity index is 611. The van der Waals surface area contributed by atoms with Crippen molar-refractivity contribution in [2.24, 2.45) is 13.0 Å². The largest absolute Gasteiger partial charge is 0.393 e. The summed E-state index contributed by atoms with van der Waals surface area (Å²) in [5.74, 6) is 0.416. The van der Waals surface area contributed by atoms with E-state index in [1.807, 2.05) is 13.8 Å². The molecule has 1 aromatic rings. The highest BCUT2D eigenvalue weighted by Gasteiger charge is 2.29. The SMILES string of the molecule is CC(C)Cn1c(N)c(NC2CC(O)C2)c(=O)n(C)c1=O. The molecule has 112 valence electrons. The molecule has 20 heavy (non-hydrogen) atoms. The van der Waals surface area contributed by atoms with E-state index < -0.39 is 11.2 Å². The summed E-state index contributed by atoms with van der Waals surface area (Å²) in [6, 6.07) is 0.0324. The van der Waals surface area contributed by atoms with Crippen LogP contribution in [0.1, 0.15) is 26.7 Å². The van der Waals surface area contributed by atoms with Gasteiger partial charge in [0.1, 0.15) is 11.5 Å². The minimum atomic E-state index is -0.422. The van der Waals surface area contributed by atoms with Crippen LogP contribution in [0.15, 0.2) is 9.59 Å². The molecule has 7 nitrogen and oxygen atoms in total. The van der Waals surface area contributed by atoms with Crippen LogP contribution in [-0.2, 0) is 13.6 Å². The lowest BCUT2D eigenvalue weighted by Crippen LogP contribution is -2.45. The highest BCUT2D eigenvalue weighted by Crippen LogP contribution is 2.24. The maximum Gasteiger partial charge on any atom is 0.332 e. The third-order valence-electron chi connectivity index (χ3n) is 3.59. The molecule has 0 spiro atoms. The second kappa shape index (κ2) is 5.32. The van der Waals surface area contributed by atoms with Crippen LogP contribution in [0.25, 0.3) is 0 Å². The van der Waals surface area contributed by atoms with Crippen molar-refractivity contribution in [3.05, 3.63) is 20.8 Å². The van der Waals surface area contributed by atoms with E-state index in [1.54, 1.807) is 0 Å². The van der Waals surface area contributed by atoms with Crippen molar-refractivity contribution in [1.82, 2.24) is 9.13 Å². The molecule has 0 saturated heterocycles. The number of nitrogen functional groups attached to an aromatic ring is 1. The van der Waals surface area contributed by atoms with Crippen molar-refractivity contribution in [3.8, 4) is 0 Å². The lowest BCUT2D eigenvalue weighted by Gasteiger charge is -2.33. The molecular formula is C13H22N4O3. The maximum absolute atomic E-state index is 12.2. The van der Waals surface area contributed by atoms with E-state index in [9.17, 15) is 14.7 Å². The van der Waals surface area contributed by atoms with Crippen molar-refractivity contribution in [2.45, 2.75) is 45.4 Å². The van der Waals surface area contributed by atoms with Gasteiger partial charge in [-0.3, -0.25) is 13.9 Å². The lowest BCUT2D eigenvalue weighted by atomic mass is 9.89. The zero-order valence-corrected chi connectivity index (χ0v) is 12.1. The Kier molecular flexibility index (Phi) is 3.89. The first kappa shape index (κ1) is 14.6. The summed E-state index contributed by atoms with van der Waals surface area (Å²) in [5.41, 5.74) is 5.42. The van der Waals surface area contributed by atoms with Crippen molar-refractivity contribution >= 4 is 11.5 Å². The number of anilines is 2. The van der Waals surface area contributed by atoms with E-state index in [0.717, 1.165) is 4.57 Å². The predicted octanol–water partition coefficient (Wildman–Crippen LogP) is -0.280. The first-order valence-corrected chi connectivity index (χ1v) is 6.85. The molecule has 7 heteroatoms. The third kappa shape index (κ3) is 2.58. The van der Waals surface area contributed by atoms with Crippen molar-refractivity contribution < 1.29 is 5.11 Å². The fourth-order valence-electron chi connectivity index (χ4n) is 2.37. The molecule has 1 aliphatic rings. The Morgan fingerprint density at radius 3 is 2.50 bits per heavy atom. The van der Waals surface area contributed by atoms with Crippen LogP contribution in [-0.4, -0.2) is 26.4 Å². The number of aliphatic hydroxyl groups excluding tert-OH is 1. The molecule has 0 bridgehead atoms. The second-order valence-corrected chi connectivity index (χ2v) is 5.88. The van der Waals surface area contributed by atoms with Gasteiger partial charge in [0.2, 0.25) is 0 Å². The van der Waals surface area contributed by atoms with Crippen LogP contribution < -0.4 is 22.3 Å². The van der Waals surface area contributed by atoms with Crippen LogP contribution in [0.5, 0.6) is 0 Å².